The van der Waals surface area contributed by atoms with E-state index in [0.29, 0.717) is 47.5 Å². The van der Waals surface area contributed by atoms with Crippen LogP contribution in [-0.2, 0) is 24.8 Å². The van der Waals surface area contributed by atoms with Crippen molar-refractivity contribution < 1.29 is 23.6 Å². The summed E-state index contributed by atoms with van der Waals surface area (Å²) in [5.41, 5.74) is 1.47. The Hall–Kier alpha value is -3.57. The van der Waals surface area contributed by atoms with E-state index in [-0.39, 0.29) is 18.3 Å². The SMILES string of the molecule is Cc1nc(-c2nnn(C)c2CNc2noc(CCC3CCC3)n2)c(F)cc1O[C@H]1CCC[C@H](C(=O)O)C1. The van der Waals surface area contributed by atoms with Gasteiger partial charge in [0.2, 0.25) is 5.89 Å². The second-order valence-electron chi connectivity index (χ2n) is 10.1. The maximum absolute atomic E-state index is 15.2. The van der Waals surface area contributed by atoms with E-state index in [0.717, 1.165) is 31.6 Å². The van der Waals surface area contributed by atoms with Crippen LogP contribution < -0.4 is 10.1 Å². The van der Waals surface area contributed by atoms with Gasteiger partial charge in [0.25, 0.3) is 5.95 Å². The van der Waals surface area contributed by atoms with Crippen molar-refractivity contribution in [2.45, 2.75) is 77.4 Å². The second kappa shape index (κ2) is 10.8. The second-order valence-corrected chi connectivity index (χ2v) is 10.1. The van der Waals surface area contributed by atoms with Crippen molar-refractivity contribution in [1.29, 1.82) is 0 Å². The number of carboxylic acid groups (broad SMARTS) is 1. The Balaban J connectivity index is 1.26. The molecular weight excluding hydrogens is 481 g/mol. The predicted octanol–water partition coefficient (Wildman–Crippen LogP) is 4.07. The number of halogens is 1. The van der Waals surface area contributed by atoms with Crippen molar-refractivity contribution in [2.24, 2.45) is 18.9 Å². The number of nitrogens with one attached hydrogen (secondary N) is 1. The maximum atomic E-state index is 15.2. The molecule has 0 aliphatic heterocycles. The number of hydrogen-bond donors (Lipinski definition) is 2. The van der Waals surface area contributed by atoms with Gasteiger partial charge >= 0.3 is 5.97 Å². The summed E-state index contributed by atoms with van der Waals surface area (Å²) < 4.78 is 28.1. The summed E-state index contributed by atoms with van der Waals surface area (Å²) in [7, 11) is 1.72. The molecule has 2 saturated carbocycles. The van der Waals surface area contributed by atoms with Gasteiger partial charge in [-0.05, 0) is 50.1 Å². The highest BCUT2D eigenvalue weighted by atomic mass is 19.1. The molecule has 37 heavy (non-hydrogen) atoms. The number of aryl methyl sites for hydroxylation is 3. The Kier molecular flexibility index (Phi) is 7.33. The lowest BCUT2D eigenvalue weighted by Gasteiger charge is -2.27. The Morgan fingerprint density at radius 2 is 2.05 bits per heavy atom. The molecule has 2 N–H and O–H groups in total. The quantitative estimate of drug-likeness (QED) is 0.407. The fourth-order valence-corrected chi connectivity index (χ4v) is 4.96. The first-order valence-electron chi connectivity index (χ1n) is 12.9. The average Bonchev–Trinajstić information content (AvgIpc) is 3.45. The largest absolute Gasteiger partial charge is 0.488 e. The number of ether oxygens (including phenoxy) is 1. The zero-order valence-electron chi connectivity index (χ0n) is 21.1. The molecule has 11 nitrogen and oxygen atoms in total. The minimum Gasteiger partial charge on any atom is -0.488 e. The fraction of sp³-hybridized carbons (Fsp3) is 0.600. The van der Waals surface area contributed by atoms with Gasteiger partial charge in [0, 0.05) is 19.5 Å². The molecule has 2 atom stereocenters. The highest BCUT2D eigenvalue weighted by Crippen LogP contribution is 2.32. The molecule has 5 rings (SSSR count). The van der Waals surface area contributed by atoms with Crippen molar-refractivity contribution in [3.8, 4) is 17.1 Å². The molecular formula is C25H32FN7O4. The highest BCUT2D eigenvalue weighted by Gasteiger charge is 2.29. The number of aliphatic carboxylic acids is 1. The van der Waals surface area contributed by atoms with Crippen LogP contribution in [0, 0.1) is 24.6 Å². The fourth-order valence-electron chi connectivity index (χ4n) is 4.96. The first-order chi connectivity index (χ1) is 17.9. The van der Waals surface area contributed by atoms with E-state index in [9.17, 15) is 9.90 Å². The molecule has 0 aromatic carbocycles. The number of hydrogen-bond acceptors (Lipinski definition) is 9. The van der Waals surface area contributed by atoms with E-state index in [2.05, 4.69) is 30.8 Å². The van der Waals surface area contributed by atoms with E-state index in [1.54, 1.807) is 18.7 Å². The monoisotopic (exact) mass is 513 g/mol. The van der Waals surface area contributed by atoms with Crippen LogP contribution in [0.25, 0.3) is 11.4 Å². The number of pyridine rings is 1. The molecule has 3 aromatic rings. The number of rotatable bonds is 10. The Morgan fingerprint density at radius 3 is 2.81 bits per heavy atom. The lowest BCUT2D eigenvalue weighted by molar-refractivity contribution is -0.143. The lowest BCUT2D eigenvalue weighted by atomic mass is 9.82. The third-order valence-corrected chi connectivity index (χ3v) is 7.43. The summed E-state index contributed by atoms with van der Waals surface area (Å²) in [6.07, 6.45) is 7.91. The molecule has 3 heterocycles. The van der Waals surface area contributed by atoms with Gasteiger partial charge in [-0.1, -0.05) is 24.5 Å². The summed E-state index contributed by atoms with van der Waals surface area (Å²) in [5, 5.41) is 24.6. The van der Waals surface area contributed by atoms with Crippen molar-refractivity contribution in [1.82, 2.24) is 30.1 Å². The molecule has 0 bridgehead atoms. The molecule has 0 amide bonds. The summed E-state index contributed by atoms with van der Waals surface area (Å²) in [4.78, 5) is 20.2. The molecule has 2 aliphatic rings. The average molecular weight is 514 g/mol. The lowest BCUT2D eigenvalue weighted by Crippen LogP contribution is -2.29. The van der Waals surface area contributed by atoms with Crippen molar-refractivity contribution in [2.75, 3.05) is 5.32 Å². The molecule has 3 aromatic heterocycles. The van der Waals surface area contributed by atoms with Gasteiger partial charge in [-0.2, -0.15) is 4.98 Å². The van der Waals surface area contributed by atoms with Crippen LogP contribution >= 0.6 is 0 Å². The van der Waals surface area contributed by atoms with Crippen molar-refractivity contribution >= 4 is 11.9 Å². The molecule has 198 valence electrons. The summed E-state index contributed by atoms with van der Waals surface area (Å²) >= 11 is 0. The third kappa shape index (κ3) is 5.72. The minimum absolute atomic E-state index is 0.0658. The van der Waals surface area contributed by atoms with E-state index in [4.69, 9.17) is 9.26 Å². The number of anilines is 1. The van der Waals surface area contributed by atoms with Gasteiger partial charge in [0.1, 0.15) is 17.1 Å². The smallest absolute Gasteiger partial charge is 0.306 e. The van der Waals surface area contributed by atoms with Crippen LogP contribution in [0.4, 0.5) is 10.3 Å². The van der Waals surface area contributed by atoms with Gasteiger partial charge in [-0.15, -0.1) is 5.10 Å². The van der Waals surface area contributed by atoms with Gasteiger partial charge in [0.15, 0.2) is 5.82 Å². The highest BCUT2D eigenvalue weighted by molar-refractivity contribution is 5.70. The number of aromatic nitrogens is 6. The Bertz CT molecular complexity index is 1260. The predicted molar refractivity (Wildman–Crippen MR) is 130 cm³/mol. The Labute approximate surface area is 213 Å². The standard InChI is InChI=1S/C25H32FN7O4/c1-14-20(36-17-8-4-7-16(11-17)24(34)35)12-18(26)22(28-14)23-19(33(2)32-30-23)13-27-25-29-21(37-31-25)10-9-15-5-3-6-15/h12,15-17H,3-11,13H2,1-2H3,(H,27,31)(H,34,35)/t16-,17-/m0/s1. The van der Waals surface area contributed by atoms with Crippen LogP contribution in [0.3, 0.4) is 0 Å². The topological polar surface area (TPSA) is 141 Å². The zero-order chi connectivity index (χ0) is 25.9. The molecule has 0 spiro atoms. The molecule has 0 unspecified atom stereocenters. The third-order valence-electron chi connectivity index (χ3n) is 7.43. The van der Waals surface area contributed by atoms with E-state index >= 15 is 4.39 Å². The van der Waals surface area contributed by atoms with Crippen LogP contribution in [-0.4, -0.2) is 47.3 Å². The van der Waals surface area contributed by atoms with E-state index in [1.165, 1.54) is 25.3 Å². The van der Waals surface area contributed by atoms with Gasteiger partial charge in [-0.3, -0.25) is 4.79 Å². The van der Waals surface area contributed by atoms with Crippen LogP contribution in [0.2, 0.25) is 0 Å². The van der Waals surface area contributed by atoms with Gasteiger partial charge in [-0.25, -0.2) is 14.1 Å². The minimum atomic E-state index is -0.820. The van der Waals surface area contributed by atoms with Gasteiger partial charge < -0.3 is 19.7 Å². The number of nitrogens with zero attached hydrogens (tertiary/aromatic N) is 6. The molecule has 2 fully saturated rings. The molecule has 0 saturated heterocycles. The van der Waals surface area contributed by atoms with Crippen LogP contribution in [0.15, 0.2) is 10.6 Å². The normalized spacial score (nSPS) is 20.0. The zero-order valence-corrected chi connectivity index (χ0v) is 21.1. The summed E-state index contributed by atoms with van der Waals surface area (Å²) in [5.74, 6) is 0.176. The maximum Gasteiger partial charge on any atom is 0.306 e. The molecule has 12 heteroatoms. The van der Waals surface area contributed by atoms with Gasteiger partial charge in [0.05, 0.1) is 30.0 Å². The van der Waals surface area contributed by atoms with Crippen molar-refractivity contribution in [3.05, 3.63) is 29.2 Å². The molecule has 0 radical (unpaired) electrons. The first kappa shape index (κ1) is 25.1. The number of carbonyl (C=O) groups is 1. The molecule has 2 aliphatic carbocycles. The van der Waals surface area contributed by atoms with E-state index in [1.807, 2.05) is 0 Å². The number of carboxylic acids is 1. The first-order valence-corrected chi connectivity index (χ1v) is 12.9. The van der Waals surface area contributed by atoms with Crippen LogP contribution in [0.1, 0.15) is 68.6 Å². The summed E-state index contributed by atoms with van der Waals surface area (Å²) in [6, 6.07) is 1.29. The summed E-state index contributed by atoms with van der Waals surface area (Å²) in [6.45, 7) is 1.98. The van der Waals surface area contributed by atoms with Crippen molar-refractivity contribution in [3.63, 3.8) is 0 Å². The Morgan fingerprint density at radius 1 is 1.24 bits per heavy atom. The van der Waals surface area contributed by atoms with E-state index < -0.39 is 17.7 Å². The van der Waals surface area contributed by atoms with Crippen LogP contribution in [0.5, 0.6) is 5.75 Å².